The molecule has 1 N–H and O–H groups in total. The summed E-state index contributed by atoms with van der Waals surface area (Å²) in [7, 11) is -0.731. The number of aliphatic hydroxyl groups is 1. The van der Waals surface area contributed by atoms with Crippen molar-refractivity contribution in [2.24, 2.45) is 0 Å². The van der Waals surface area contributed by atoms with E-state index in [2.05, 4.69) is 4.98 Å². The van der Waals surface area contributed by atoms with Gasteiger partial charge in [-0.2, -0.15) is 0 Å². The Hall–Kier alpha value is -1.64. The molecule has 3 heterocycles. The molecule has 150 valence electrons. The van der Waals surface area contributed by atoms with E-state index in [0.717, 1.165) is 6.42 Å². The van der Waals surface area contributed by atoms with Crippen molar-refractivity contribution >= 4 is 23.6 Å². The maximum absolute atomic E-state index is 15.1. The molecule has 1 saturated heterocycles. The second-order valence-corrected chi connectivity index (χ2v) is 9.41. The molecule has 1 aliphatic carbocycles. The van der Waals surface area contributed by atoms with Gasteiger partial charge in [-0.25, -0.2) is 9.37 Å². The number of ether oxygens (including phenoxy) is 1. The maximum atomic E-state index is 15.1. The van der Waals surface area contributed by atoms with Crippen molar-refractivity contribution in [2.75, 3.05) is 6.61 Å². The van der Waals surface area contributed by atoms with Crippen LogP contribution in [0.15, 0.2) is 6.07 Å². The first-order chi connectivity index (χ1) is 13.0. The SMILES string of the molecule is C[C@H]1COc2c(B3OC(C)(C)C(C)(C)O3)cc(F)c3nc(C4(O)CCC4)n1c23. The molecule has 0 bridgehead atoms. The van der Waals surface area contributed by atoms with Gasteiger partial charge in [0.1, 0.15) is 34.8 Å². The zero-order valence-corrected chi connectivity index (χ0v) is 17.0. The highest BCUT2D eigenvalue weighted by atomic mass is 19.1. The second kappa shape index (κ2) is 5.49. The Bertz CT molecular complexity index is 966. The van der Waals surface area contributed by atoms with E-state index in [1.807, 2.05) is 39.2 Å². The van der Waals surface area contributed by atoms with E-state index in [9.17, 15) is 5.11 Å². The van der Waals surface area contributed by atoms with Gasteiger partial charge >= 0.3 is 7.12 Å². The molecule has 0 radical (unpaired) electrons. The fraction of sp³-hybridized carbons (Fsp3) is 0.650. The summed E-state index contributed by atoms with van der Waals surface area (Å²) < 4.78 is 35.4. The van der Waals surface area contributed by atoms with Gasteiger partial charge in [-0.1, -0.05) is 0 Å². The normalized spacial score (nSPS) is 27.0. The quantitative estimate of drug-likeness (QED) is 0.802. The average molecular weight is 388 g/mol. The van der Waals surface area contributed by atoms with Gasteiger partial charge in [0, 0.05) is 5.46 Å². The lowest BCUT2D eigenvalue weighted by Gasteiger charge is -2.38. The minimum Gasteiger partial charge on any atom is -0.490 e. The first kappa shape index (κ1) is 18.4. The number of hydrogen-bond acceptors (Lipinski definition) is 5. The van der Waals surface area contributed by atoms with Crippen LogP contribution in [0.25, 0.3) is 11.0 Å². The number of imidazole rings is 1. The van der Waals surface area contributed by atoms with Crippen molar-refractivity contribution in [3.05, 3.63) is 17.7 Å². The van der Waals surface area contributed by atoms with Gasteiger partial charge in [-0.15, -0.1) is 0 Å². The fourth-order valence-corrected chi connectivity index (χ4v) is 4.29. The highest BCUT2D eigenvalue weighted by Gasteiger charge is 2.53. The lowest BCUT2D eigenvalue weighted by Crippen LogP contribution is -2.41. The molecular weight excluding hydrogens is 362 g/mol. The lowest BCUT2D eigenvalue weighted by atomic mass is 9.77. The Labute approximate surface area is 164 Å². The van der Waals surface area contributed by atoms with Gasteiger partial charge in [0.2, 0.25) is 0 Å². The van der Waals surface area contributed by atoms with Gasteiger partial charge in [0.25, 0.3) is 0 Å². The van der Waals surface area contributed by atoms with E-state index in [4.69, 9.17) is 14.0 Å². The summed E-state index contributed by atoms with van der Waals surface area (Å²) in [6, 6.07) is 1.35. The Morgan fingerprint density at radius 1 is 1.21 bits per heavy atom. The molecule has 3 aliphatic rings. The Balaban J connectivity index is 1.72. The van der Waals surface area contributed by atoms with Crippen molar-refractivity contribution in [3.63, 3.8) is 0 Å². The van der Waals surface area contributed by atoms with Crippen LogP contribution >= 0.6 is 0 Å². The highest BCUT2D eigenvalue weighted by Crippen LogP contribution is 2.46. The fourth-order valence-electron chi connectivity index (χ4n) is 4.29. The molecule has 1 atom stereocenters. The average Bonchev–Trinajstić information content (AvgIpc) is 3.08. The topological polar surface area (TPSA) is 65.7 Å². The predicted molar refractivity (Wildman–Crippen MR) is 103 cm³/mol. The molecule has 6 nitrogen and oxygen atoms in total. The number of rotatable bonds is 2. The zero-order valence-electron chi connectivity index (χ0n) is 17.0. The molecule has 28 heavy (non-hydrogen) atoms. The summed E-state index contributed by atoms with van der Waals surface area (Å²) in [5.74, 6) is 0.620. The van der Waals surface area contributed by atoms with Crippen molar-refractivity contribution < 1.29 is 23.5 Å². The number of hydrogen-bond donors (Lipinski definition) is 1. The van der Waals surface area contributed by atoms with E-state index < -0.39 is 29.7 Å². The van der Waals surface area contributed by atoms with E-state index in [1.165, 1.54) is 6.07 Å². The third-order valence-electron chi connectivity index (χ3n) is 6.91. The van der Waals surface area contributed by atoms with E-state index >= 15 is 4.39 Å². The third-order valence-corrected chi connectivity index (χ3v) is 6.91. The van der Waals surface area contributed by atoms with E-state index in [-0.39, 0.29) is 11.6 Å². The van der Waals surface area contributed by atoms with Crippen LogP contribution in [0.2, 0.25) is 0 Å². The number of benzene rings is 1. The first-order valence-corrected chi connectivity index (χ1v) is 10.00. The molecule has 5 rings (SSSR count). The molecule has 0 unspecified atom stereocenters. The van der Waals surface area contributed by atoms with Gasteiger partial charge in [0.15, 0.2) is 5.82 Å². The smallest absolute Gasteiger partial charge is 0.490 e. The van der Waals surface area contributed by atoms with Crippen LogP contribution in [0.3, 0.4) is 0 Å². The minimum absolute atomic E-state index is 0.0509. The standard InChI is InChI=1S/C20H26BFN2O4/c1-11-10-26-16-12(21-27-18(2,3)19(4,5)28-21)9-13(22)14-15(16)24(11)17(23-14)20(25)7-6-8-20/h9,11,25H,6-8,10H2,1-5H3/t11-/m0/s1. The maximum Gasteiger partial charge on any atom is 0.498 e. The monoisotopic (exact) mass is 388 g/mol. The molecule has 2 aromatic rings. The van der Waals surface area contributed by atoms with Gasteiger partial charge < -0.3 is 23.7 Å². The van der Waals surface area contributed by atoms with Crippen LogP contribution in [0.1, 0.15) is 65.7 Å². The first-order valence-electron chi connectivity index (χ1n) is 10.00. The summed E-state index contributed by atoms with van der Waals surface area (Å²) in [6.07, 6.45) is 2.23. The summed E-state index contributed by atoms with van der Waals surface area (Å²) in [5.41, 5.74) is -0.715. The van der Waals surface area contributed by atoms with Crippen molar-refractivity contribution in [3.8, 4) is 5.75 Å². The van der Waals surface area contributed by atoms with Crippen molar-refractivity contribution in [1.29, 1.82) is 0 Å². The van der Waals surface area contributed by atoms with Crippen LogP contribution in [-0.4, -0.2) is 39.6 Å². The summed E-state index contributed by atoms with van der Waals surface area (Å²) >= 11 is 0. The largest absolute Gasteiger partial charge is 0.498 e. The van der Waals surface area contributed by atoms with Crippen molar-refractivity contribution in [1.82, 2.24) is 9.55 Å². The minimum atomic E-state index is -0.987. The summed E-state index contributed by atoms with van der Waals surface area (Å²) in [5, 5.41) is 10.9. The number of nitrogens with zero attached hydrogens (tertiary/aromatic N) is 2. The Morgan fingerprint density at radius 3 is 2.43 bits per heavy atom. The highest BCUT2D eigenvalue weighted by molar-refractivity contribution is 6.63. The second-order valence-electron chi connectivity index (χ2n) is 9.41. The number of aromatic nitrogens is 2. The zero-order chi connectivity index (χ0) is 20.1. The third kappa shape index (κ3) is 2.28. The van der Waals surface area contributed by atoms with Crippen molar-refractivity contribution in [2.45, 2.75) is 76.7 Å². The van der Waals surface area contributed by atoms with Gasteiger partial charge in [-0.3, -0.25) is 0 Å². The molecule has 0 spiro atoms. The molecular formula is C20H26BFN2O4. The molecule has 1 aromatic heterocycles. The Kier molecular flexibility index (Phi) is 3.61. The summed E-state index contributed by atoms with van der Waals surface area (Å²) in [6.45, 7) is 10.3. The van der Waals surface area contributed by atoms with Gasteiger partial charge in [0.05, 0.1) is 17.2 Å². The lowest BCUT2D eigenvalue weighted by molar-refractivity contribution is -0.0506. The van der Waals surface area contributed by atoms with Crippen LogP contribution < -0.4 is 10.2 Å². The molecule has 2 fully saturated rings. The van der Waals surface area contributed by atoms with Crippen LogP contribution in [0.5, 0.6) is 5.75 Å². The molecule has 2 aliphatic heterocycles. The molecule has 8 heteroatoms. The number of halogens is 1. The van der Waals surface area contributed by atoms with Crippen LogP contribution in [0, 0.1) is 5.82 Å². The molecule has 1 aromatic carbocycles. The van der Waals surface area contributed by atoms with E-state index in [1.54, 1.807) is 0 Å². The molecule has 0 amide bonds. The van der Waals surface area contributed by atoms with Crippen LogP contribution in [0.4, 0.5) is 4.39 Å². The molecule has 1 saturated carbocycles. The Morgan fingerprint density at radius 2 is 1.86 bits per heavy atom. The summed E-state index contributed by atoms with van der Waals surface area (Å²) in [4.78, 5) is 4.53. The van der Waals surface area contributed by atoms with E-state index in [0.29, 0.717) is 42.0 Å². The predicted octanol–water partition coefficient (Wildman–Crippen LogP) is 2.80. The van der Waals surface area contributed by atoms with Crippen LogP contribution in [-0.2, 0) is 14.9 Å². The van der Waals surface area contributed by atoms with Gasteiger partial charge in [-0.05, 0) is 59.9 Å².